The minimum absolute atomic E-state index is 0.183. The highest BCUT2D eigenvalue weighted by atomic mass is 16.3. The molecule has 0 aromatic rings. The van der Waals surface area contributed by atoms with Crippen molar-refractivity contribution in [2.75, 3.05) is 0 Å². The molecule has 0 aliphatic heterocycles. The second-order valence-electron chi connectivity index (χ2n) is 3.43. The third-order valence-corrected chi connectivity index (χ3v) is 2.81. The van der Waals surface area contributed by atoms with Crippen LogP contribution in [0.2, 0.25) is 0 Å². The van der Waals surface area contributed by atoms with Gasteiger partial charge in [0.2, 0.25) is 0 Å². The van der Waals surface area contributed by atoms with E-state index in [-0.39, 0.29) is 12.0 Å². The van der Waals surface area contributed by atoms with Crippen molar-refractivity contribution in [1.29, 1.82) is 0 Å². The number of hydrogen-bond acceptors (Lipinski definition) is 2. The van der Waals surface area contributed by atoms with Gasteiger partial charge in [-0.1, -0.05) is 30.2 Å². The average Bonchev–Trinajstić information content (AvgIpc) is 2.15. The van der Waals surface area contributed by atoms with Gasteiger partial charge in [-0.25, -0.2) is 0 Å². The SMILES string of the molecule is C#CC1=C(C)[C@@H](C)C(=C)[C@H](N=O)C1. The summed E-state index contributed by atoms with van der Waals surface area (Å²) >= 11 is 0. The monoisotopic (exact) mass is 175 g/mol. The van der Waals surface area contributed by atoms with E-state index in [2.05, 4.69) is 17.7 Å². The fraction of sp³-hybridized carbons (Fsp3) is 0.455. The van der Waals surface area contributed by atoms with Crippen molar-refractivity contribution < 1.29 is 0 Å². The number of nitroso groups, excluding NO2 is 1. The van der Waals surface area contributed by atoms with Crippen LogP contribution in [0.5, 0.6) is 0 Å². The fourth-order valence-electron chi connectivity index (χ4n) is 1.59. The van der Waals surface area contributed by atoms with E-state index in [1.165, 1.54) is 0 Å². The van der Waals surface area contributed by atoms with E-state index < -0.39 is 0 Å². The second-order valence-corrected chi connectivity index (χ2v) is 3.43. The smallest absolute Gasteiger partial charge is 0.118 e. The lowest BCUT2D eigenvalue weighted by Crippen LogP contribution is -2.21. The van der Waals surface area contributed by atoms with E-state index in [0.29, 0.717) is 6.42 Å². The van der Waals surface area contributed by atoms with Crippen LogP contribution in [0.25, 0.3) is 0 Å². The summed E-state index contributed by atoms with van der Waals surface area (Å²) in [5.41, 5.74) is 2.93. The summed E-state index contributed by atoms with van der Waals surface area (Å²) in [6.07, 6.45) is 5.89. The molecule has 0 N–H and O–H groups in total. The molecule has 0 aromatic carbocycles. The average molecular weight is 175 g/mol. The molecule has 13 heavy (non-hydrogen) atoms. The molecule has 0 aromatic heterocycles. The number of terminal acetylenes is 1. The molecule has 0 fully saturated rings. The maximum absolute atomic E-state index is 10.5. The zero-order valence-electron chi connectivity index (χ0n) is 8.00. The Balaban J connectivity index is 3.08. The summed E-state index contributed by atoms with van der Waals surface area (Å²) in [6.45, 7) is 7.87. The lowest BCUT2D eigenvalue weighted by Gasteiger charge is -2.27. The first-order valence-electron chi connectivity index (χ1n) is 4.29. The van der Waals surface area contributed by atoms with Crippen LogP contribution in [0, 0.1) is 23.2 Å². The minimum Gasteiger partial charge on any atom is -0.150 e. The zero-order chi connectivity index (χ0) is 10.0. The quantitative estimate of drug-likeness (QED) is 0.342. The van der Waals surface area contributed by atoms with Gasteiger partial charge in [0.25, 0.3) is 0 Å². The normalized spacial score (nSPS) is 28.5. The lowest BCUT2D eigenvalue weighted by atomic mass is 9.79. The molecular formula is C11H13NO. The van der Waals surface area contributed by atoms with Crippen LogP contribution < -0.4 is 0 Å². The topological polar surface area (TPSA) is 29.4 Å². The number of allylic oxidation sites excluding steroid dienone is 1. The van der Waals surface area contributed by atoms with Gasteiger partial charge < -0.3 is 0 Å². The summed E-state index contributed by atoms with van der Waals surface area (Å²) in [7, 11) is 0. The van der Waals surface area contributed by atoms with E-state index in [1.54, 1.807) is 0 Å². The van der Waals surface area contributed by atoms with Crippen molar-refractivity contribution >= 4 is 0 Å². The molecule has 0 bridgehead atoms. The molecular weight excluding hydrogens is 162 g/mol. The van der Waals surface area contributed by atoms with Gasteiger partial charge in [-0.2, -0.15) is 4.91 Å². The minimum atomic E-state index is -0.329. The molecule has 1 aliphatic rings. The summed E-state index contributed by atoms with van der Waals surface area (Å²) in [4.78, 5) is 10.5. The number of rotatable bonds is 1. The van der Waals surface area contributed by atoms with Gasteiger partial charge in [0.05, 0.1) is 0 Å². The molecule has 1 rings (SSSR count). The van der Waals surface area contributed by atoms with Crippen molar-refractivity contribution in [1.82, 2.24) is 0 Å². The molecule has 2 heteroatoms. The first kappa shape index (κ1) is 9.73. The maximum atomic E-state index is 10.5. The summed E-state index contributed by atoms with van der Waals surface area (Å²) in [5.74, 6) is 2.79. The van der Waals surface area contributed by atoms with Crippen molar-refractivity contribution in [3.63, 3.8) is 0 Å². The van der Waals surface area contributed by atoms with Crippen LogP contribution >= 0.6 is 0 Å². The first-order chi connectivity index (χ1) is 6.11. The molecule has 68 valence electrons. The predicted octanol–water partition coefficient (Wildman–Crippen LogP) is 2.67. The van der Waals surface area contributed by atoms with E-state index >= 15 is 0 Å². The largest absolute Gasteiger partial charge is 0.150 e. The molecule has 2 atom stereocenters. The third-order valence-electron chi connectivity index (χ3n) is 2.81. The number of nitrogens with zero attached hydrogens (tertiary/aromatic N) is 1. The highest BCUT2D eigenvalue weighted by molar-refractivity contribution is 5.41. The Kier molecular flexibility index (Phi) is 2.67. The van der Waals surface area contributed by atoms with Crippen molar-refractivity contribution in [3.05, 3.63) is 28.2 Å². The van der Waals surface area contributed by atoms with Crippen LogP contribution in [0.15, 0.2) is 28.5 Å². The molecule has 0 saturated heterocycles. The van der Waals surface area contributed by atoms with Crippen molar-refractivity contribution in [3.8, 4) is 12.3 Å². The molecule has 0 amide bonds. The van der Waals surface area contributed by atoms with Crippen molar-refractivity contribution in [2.45, 2.75) is 26.3 Å². The molecule has 0 radical (unpaired) electrons. The van der Waals surface area contributed by atoms with Crippen LogP contribution in [0.1, 0.15) is 20.3 Å². The standard InChI is InChI=1S/C11H13NO/c1-5-10-6-11(12-13)9(4)7(2)8(10)3/h1,7,11H,4,6H2,2-3H3/t7-,11-/m1/s1. The fourth-order valence-corrected chi connectivity index (χ4v) is 1.59. The van der Waals surface area contributed by atoms with E-state index in [9.17, 15) is 4.91 Å². The van der Waals surface area contributed by atoms with Crippen molar-refractivity contribution in [2.24, 2.45) is 11.1 Å². The van der Waals surface area contributed by atoms with Gasteiger partial charge in [-0.05, 0) is 12.5 Å². The van der Waals surface area contributed by atoms with Crippen LogP contribution in [0.4, 0.5) is 0 Å². The lowest BCUT2D eigenvalue weighted by molar-refractivity contribution is 0.616. The third kappa shape index (κ3) is 1.55. The number of hydrogen-bond donors (Lipinski definition) is 0. The Morgan fingerprint density at radius 3 is 2.77 bits per heavy atom. The first-order valence-corrected chi connectivity index (χ1v) is 4.29. The van der Waals surface area contributed by atoms with E-state index in [1.807, 2.05) is 13.8 Å². The Morgan fingerprint density at radius 2 is 2.31 bits per heavy atom. The van der Waals surface area contributed by atoms with Gasteiger partial charge in [-0.3, -0.25) is 0 Å². The van der Waals surface area contributed by atoms with Crippen LogP contribution in [-0.4, -0.2) is 6.04 Å². The van der Waals surface area contributed by atoms with Gasteiger partial charge >= 0.3 is 0 Å². The van der Waals surface area contributed by atoms with Gasteiger partial charge in [0.15, 0.2) is 0 Å². The Bertz CT molecular complexity index is 319. The second kappa shape index (κ2) is 3.57. The Hall–Kier alpha value is -1.36. The van der Waals surface area contributed by atoms with Gasteiger partial charge in [-0.15, -0.1) is 6.42 Å². The molecule has 0 saturated carbocycles. The van der Waals surface area contributed by atoms with E-state index in [4.69, 9.17) is 6.42 Å². The summed E-state index contributed by atoms with van der Waals surface area (Å²) < 4.78 is 0. The Morgan fingerprint density at radius 1 is 1.69 bits per heavy atom. The molecule has 0 heterocycles. The summed E-state index contributed by atoms with van der Waals surface area (Å²) in [5, 5.41) is 3.03. The molecule has 2 nitrogen and oxygen atoms in total. The molecule has 0 unspecified atom stereocenters. The Labute approximate surface area is 78.7 Å². The predicted molar refractivity (Wildman–Crippen MR) is 54.0 cm³/mol. The molecule has 0 spiro atoms. The highest BCUT2D eigenvalue weighted by Crippen LogP contribution is 2.34. The van der Waals surface area contributed by atoms with E-state index in [0.717, 1.165) is 16.7 Å². The van der Waals surface area contributed by atoms with Gasteiger partial charge in [0, 0.05) is 17.9 Å². The zero-order valence-corrected chi connectivity index (χ0v) is 8.00. The highest BCUT2D eigenvalue weighted by Gasteiger charge is 2.27. The summed E-state index contributed by atoms with van der Waals surface area (Å²) in [6, 6.07) is -0.329. The van der Waals surface area contributed by atoms with Crippen LogP contribution in [-0.2, 0) is 0 Å². The maximum Gasteiger partial charge on any atom is 0.118 e. The van der Waals surface area contributed by atoms with Crippen LogP contribution in [0.3, 0.4) is 0 Å². The molecule has 1 aliphatic carbocycles. The van der Waals surface area contributed by atoms with Gasteiger partial charge in [0.1, 0.15) is 6.04 Å².